The van der Waals surface area contributed by atoms with Gasteiger partial charge in [0.25, 0.3) is 5.91 Å². The van der Waals surface area contributed by atoms with Crippen molar-refractivity contribution in [3.05, 3.63) is 70.2 Å². The number of esters is 1. The van der Waals surface area contributed by atoms with Crippen molar-refractivity contribution in [2.24, 2.45) is 0 Å². The van der Waals surface area contributed by atoms with E-state index in [1.54, 1.807) is 19.1 Å². The number of hydrogen-bond acceptors (Lipinski definition) is 4. The van der Waals surface area contributed by atoms with Gasteiger partial charge in [0.1, 0.15) is 0 Å². The summed E-state index contributed by atoms with van der Waals surface area (Å²) in [6.45, 7) is 3.40. The van der Waals surface area contributed by atoms with Gasteiger partial charge in [-0.2, -0.15) is 0 Å². The zero-order chi connectivity index (χ0) is 20.5. The van der Waals surface area contributed by atoms with Crippen LogP contribution in [-0.4, -0.2) is 37.2 Å². The van der Waals surface area contributed by atoms with Crippen LogP contribution in [-0.2, 0) is 26.1 Å². The van der Waals surface area contributed by atoms with E-state index < -0.39 is 11.6 Å². The molecule has 5 nitrogen and oxygen atoms in total. The molecule has 0 radical (unpaired) electrons. The van der Waals surface area contributed by atoms with E-state index in [0.717, 1.165) is 24.0 Å². The predicted octanol–water partition coefficient (Wildman–Crippen LogP) is 3.68. The van der Waals surface area contributed by atoms with Gasteiger partial charge in [-0.3, -0.25) is 4.79 Å². The lowest BCUT2D eigenvalue weighted by Gasteiger charge is -2.39. The molecule has 152 valence electrons. The van der Waals surface area contributed by atoms with Crippen molar-refractivity contribution in [2.45, 2.75) is 37.2 Å². The summed E-state index contributed by atoms with van der Waals surface area (Å²) in [4.78, 5) is 25.5. The Morgan fingerprint density at radius 3 is 2.52 bits per heavy atom. The van der Waals surface area contributed by atoms with E-state index in [4.69, 9.17) is 21.1 Å². The minimum atomic E-state index is -1.22. The van der Waals surface area contributed by atoms with E-state index in [1.165, 1.54) is 0 Å². The fourth-order valence-electron chi connectivity index (χ4n) is 4.23. The molecular weight excluding hydrogens is 390 g/mol. The van der Waals surface area contributed by atoms with Gasteiger partial charge in [-0.1, -0.05) is 41.9 Å². The van der Waals surface area contributed by atoms with Crippen LogP contribution < -0.4 is 5.32 Å². The lowest BCUT2D eigenvalue weighted by molar-refractivity contribution is -0.140. The Kier molecular flexibility index (Phi) is 5.36. The van der Waals surface area contributed by atoms with Crippen LogP contribution in [0, 0.1) is 0 Å². The molecule has 0 bridgehead atoms. The fraction of sp³-hybridized carbons (Fsp3) is 0.391. The monoisotopic (exact) mass is 413 g/mol. The highest BCUT2D eigenvalue weighted by Crippen LogP contribution is 2.35. The Balaban J connectivity index is 1.53. The third kappa shape index (κ3) is 3.89. The molecule has 0 aromatic heterocycles. The summed E-state index contributed by atoms with van der Waals surface area (Å²) in [7, 11) is 0. The van der Waals surface area contributed by atoms with Crippen molar-refractivity contribution < 1.29 is 19.1 Å². The smallest absolute Gasteiger partial charge is 0.339 e. The highest BCUT2D eigenvalue weighted by Gasteiger charge is 2.44. The summed E-state index contributed by atoms with van der Waals surface area (Å²) in [5.74, 6) is -0.733. The molecule has 2 aliphatic heterocycles. The van der Waals surface area contributed by atoms with Crippen molar-refractivity contribution in [1.29, 1.82) is 0 Å². The van der Waals surface area contributed by atoms with Gasteiger partial charge in [-0.15, -0.1) is 0 Å². The van der Waals surface area contributed by atoms with Crippen molar-refractivity contribution >= 4 is 23.5 Å². The summed E-state index contributed by atoms with van der Waals surface area (Å²) in [6.07, 6.45) is 1.96. The molecule has 2 aromatic carbocycles. The van der Waals surface area contributed by atoms with Gasteiger partial charge in [0.15, 0.2) is 5.60 Å². The molecule has 1 saturated heterocycles. The summed E-state index contributed by atoms with van der Waals surface area (Å²) in [5.41, 5.74) is 1.03. The number of ether oxygens (including phenoxy) is 2. The number of carbonyl (C=O) groups excluding carboxylic acids is 2. The van der Waals surface area contributed by atoms with Crippen molar-refractivity contribution in [1.82, 2.24) is 5.32 Å². The van der Waals surface area contributed by atoms with Crippen LogP contribution in [0.4, 0.5) is 0 Å². The van der Waals surface area contributed by atoms with Gasteiger partial charge in [0.05, 0.1) is 5.56 Å². The first-order valence-corrected chi connectivity index (χ1v) is 10.2. The molecule has 2 aromatic rings. The van der Waals surface area contributed by atoms with Crippen LogP contribution in [0.25, 0.3) is 0 Å². The van der Waals surface area contributed by atoms with Gasteiger partial charge < -0.3 is 14.8 Å². The number of halogens is 1. The van der Waals surface area contributed by atoms with Crippen LogP contribution >= 0.6 is 11.6 Å². The fourth-order valence-corrected chi connectivity index (χ4v) is 4.35. The molecule has 1 atom stereocenters. The molecule has 29 heavy (non-hydrogen) atoms. The molecule has 2 heterocycles. The maximum Gasteiger partial charge on any atom is 0.339 e. The van der Waals surface area contributed by atoms with E-state index in [-0.39, 0.29) is 11.3 Å². The Morgan fingerprint density at radius 1 is 1.10 bits per heavy atom. The normalized spacial score (nSPS) is 23.0. The summed E-state index contributed by atoms with van der Waals surface area (Å²) >= 11 is 6.06. The highest BCUT2D eigenvalue weighted by molar-refractivity contribution is 6.30. The van der Waals surface area contributed by atoms with Crippen LogP contribution in [0.5, 0.6) is 0 Å². The van der Waals surface area contributed by atoms with Crippen LogP contribution in [0.2, 0.25) is 5.02 Å². The van der Waals surface area contributed by atoms with Crippen LogP contribution in [0.3, 0.4) is 0 Å². The zero-order valence-corrected chi connectivity index (χ0v) is 17.1. The molecule has 1 amide bonds. The number of amides is 1. The Labute approximate surface area is 175 Å². The van der Waals surface area contributed by atoms with E-state index in [2.05, 4.69) is 5.32 Å². The minimum absolute atomic E-state index is 0.231. The lowest BCUT2D eigenvalue weighted by Crippen LogP contribution is -2.54. The summed E-state index contributed by atoms with van der Waals surface area (Å²) < 4.78 is 11.1. The largest absolute Gasteiger partial charge is 0.445 e. The average Bonchev–Trinajstić information content (AvgIpc) is 2.73. The molecule has 1 fully saturated rings. The highest BCUT2D eigenvalue weighted by atomic mass is 35.5. The predicted molar refractivity (Wildman–Crippen MR) is 110 cm³/mol. The standard InChI is InChI=1S/C23H24ClNO4/c1-22(14-16-4-2-3-5-19(16)20(26)29-22)21(27)25-15-23(10-12-28-13-11-23)17-6-8-18(24)9-7-17/h2-9H,10-15H2,1H3,(H,25,27). The third-order valence-corrected chi connectivity index (χ3v) is 6.31. The second-order valence-electron chi connectivity index (χ2n) is 8.04. The molecule has 0 aliphatic carbocycles. The molecule has 4 rings (SSSR count). The Morgan fingerprint density at radius 2 is 1.79 bits per heavy atom. The second kappa shape index (κ2) is 7.81. The van der Waals surface area contributed by atoms with Gasteiger partial charge in [-0.05, 0) is 49.1 Å². The van der Waals surface area contributed by atoms with E-state index in [9.17, 15) is 9.59 Å². The lowest BCUT2D eigenvalue weighted by atomic mass is 9.74. The number of hydrogen-bond donors (Lipinski definition) is 1. The Bertz CT molecular complexity index is 921. The van der Waals surface area contributed by atoms with E-state index in [1.807, 2.05) is 36.4 Å². The van der Waals surface area contributed by atoms with Gasteiger partial charge >= 0.3 is 5.97 Å². The van der Waals surface area contributed by atoms with Crippen molar-refractivity contribution in [2.75, 3.05) is 19.8 Å². The number of nitrogens with one attached hydrogen (secondary N) is 1. The number of fused-ring (bicyclic) bond motifs is 1. The van der Waals surface area contributed by atoms with Gasteiger partial charge in [-0.25, -0.2) is 4.79 Å². The van der Waals surface area contributed by atoms with Gasteiger partial charge in [0.2, 0.25) is 0 Å². The molecule has 0 saturated carbocycles. The average molecular weight is 414 g/mol. The van der Waals surface area contributed by atoms with Crippen LogP contribution in [0.1, 0.15) is 41.3 Å². The number of rotatable bonds is 4. The van der Waals surface area contributed by atoms with E-state index in [0.29, 0.717) is 36.8 Å². The third-order valence-electron chi connectivity index (χ3n) is 6.06. The van der Waals surface area contributed by atoms with Crippen molar-refractivity contribution in [3.63, 3.8) is 0 Å². The number of carbonyl (C=O) groups is 2. The minimum Gasteiger partial charge on any atom is -0.445 e. The maximum absolute atomic E-state index is 13.1. The molecular formula is C23H24ClNO4. The van der Waals surface area contributed by atoms with Crippen molar-refractivity contribution in [3.8, 4) is 0 Å². The van der Waals surface area contributed by atoms with Crippen LogP contribution in [0.15, 0.2) is 48.5 Å². The SMILES string of the molecule is CC1(C(=O)NCC2(c3ccc(Cl)cc3)CCOCC2)Cc2ccccc2C(=O)O1. The first kappa shape index (κ1) is 19.9. The molecule has 1 N–H and O–H groups in total. The van der Waals surface area contributed by atoms with Gasteiger partial charge in [0, 0.05) is 36.6 Å². The molecule has 2 aliphatic rings. The molecule has 0 spiro atoms. The summed E-state index contributed by atoms with van der Waals surface area (Å²) in [5, 5.41) is 3.74. The number of cyclic esters (lactones) is 1. The topological polar surface area (TPSA) is 64.6 Å². The zero-order valence-electron chi connectivity index (χ0n) is 16.4. The first-order chi connectivity index (χ1) is 13.9. The maximum atomic E-state index is 13.1. The molecule has 1 unspecified atom stereocenters. The second-order valence-corrected chi connectivity index (χ2v) is 8.47. The Hall–Kier alpha value is -2.37. The first-order valence-electron chi connectivity index (χ1n) is 9.85. The van der Waals surface area contributed by atoms with E-state index >= 15 is 0 Å². The quantitative estimate of drug-likeness (QED) is 0.776. The number of benzene rings is 2. The summed E-state index contributed by atoms with van der Waals surface area (Å²) in [6, 6.07) is 15.0. The molecule has 6 heteroatoms.